The van der Waals surface area contributed by atoms with E-state index in [0.717, 1.165) is 18.6 Å². The molecule has 0 radical (unpaired) electrons. The first kappa shape index (κ1) is 15.8. The van der Waals surface area contributed by atoms with Crippen LogP contribution in [0.5, 0.6) is 5.75 Å². The Morgan fingerprint density at radius 3 is 2.81 bits per heavy atom. The third-order valence-corrected chi connectivity index (χ3v) is 3.93. The van der Waals surface area contributed by atoms with E-state index in [4.69, 9.17) is 9.84 Å². The van der Waals surface area contributed by atoms with Crippen molar-refractivity contribution < 1.29 is 14.6 Å². The molecule has 116 valence electrons. The van der Waals surface area contributed by atoms with Crippen molar-refractivity contribution in [3.63, 3.8) is 0 Å². The van der Waals surface area contributed by atoms with Gasteiger partial charge in [0.05, 0.1) is 0 Å². The van der Waals surface area contributed by atoms with Gasteiger partial charge in [0.15, 0.2) is 6.61 Å². The number of amides is 1. The van der Waals surface area contributed by atoms with Crippen LogP contribution in [-0.2, 0) is 17.6 Å². The van der Waals surface area contributed by atoms with Gasteiger partial charge in [-0.3, -0.25) is 4.79 Å². The number of aryl methyl sites for hydroxylation is 2. The molecule has 0 heterocycles. The van der Waals surface area contributed by atoms with E-state index < -0.39 is 0 Å². The van der Waals surface area contributed by atoms with Crippen LogP contribution in [-0.4, -0.2) is 41.7 Å². The van der Waals surface area contributed by atoms with E-state index in [0.29, 0.717) is 13.0 Å². The molecule has 0 aliphatic heterocycles. The molecule has 0 bridgehead atoms. The molecule has 0 unspecified atom stereocenters. The quantitative estimate of drug-likeness (QED) is 0.837. The predicted octanol–water partition coefficient (Wildman–Crippen LogP) is 2.17. The first-order chi connectivity index (χ1) is 10.1. The van der Waals surface area contributed by atoms with Gasteiger partial charge in [-0.25, -0.2) is 0 Å². The fraction of sp³-hybridized carbons (Fsp3) is 0.588. The van der Waals surface area contributed by atoms with E-state index in [1.807, 2.05) is 19.9 Å². The second-order valence-electron chi connectivity index (χ2n) is 5.83. The summed E-state index contributed by atoms with van der Waals surface area (Å²) in [7, 11) is 0. The second kappa shape index (κ2) is 7.46. The highest BCUT2D eigenvalue weighted by molar-refractivity contribution is 5.78. The van der Waals surface area contributed by atoms with E-state index in [-0.39, 0.29) is 25.2 Å². The van der Waals surface area contributed by atoms with Gasteiger partial charge in [0.2, 0.25) is 0 Å². The number of nitrogens with zero attached hydrogens (tertiary/aromatic N) is 1. The molecule has 2 rings (SSSR count). The number of carbonyl (C=O) groups excluding carboxylic acids is 1. The van der Waals surface area contributed by atoms with Gasteiger partial charge in [-0.1, -0.05) is 6.07 Å². The van der Waals surface area contributed by atoms with Crippen LogP contribution < -0.4 is 4.74 Å². The SMILES string of the molecule is CC(C)N(CCCO)C(=O)COc1ccc2c(c1)CCC2. The van der Waals surface area contributed by atoms with Crippen molar-refractivity contribution in [2.75, 3.05) is 19.8 Å². The Morgan fingerprint density at radius 2 is 2.10 bits per heavy atom. The molecule has 4 heteroatoms. The second-order valence-corrected chi connectivity index (χ2v) is 5.83. The standard InChI is InChI=1S/C17H25NO3/c1-13(2)18(9-4-10-19)17(20)12-21-16-8-7-14-5-3-6-15(14)11-16/h7-8,11,13,19H,3-6,9-10,12H2,1-2H3. The number of benzene rings is 1. The van der Waals surface area contributed by atoms with E-state index in [1.165, 1.54) is 17.5 Å². The Labute approximate surface area is 126 Å². The molecule has 1 N–H and O–H groups in total. The highest BCUT2D eigenvalue weighted by atomic mass is 16.5. The Hall–Kier alpha value is -1.55. The lowest BCUT2D eigenvalue weighted by molar-refractivity contribution is -0.135. The van der Waals surface area contributed by atoms with Crippen molar-refractivity contribution in [1.82, 2.24) is 4.90 Å². The zero-order chi connectivity index (χ0) is 15.2. The number of carbonyl (C=O) groups is 1. The monoisotopic (exact) mass is 291 g/mol. The summed E-state index contributed by atoms with van der Waals surface area (Å²) in [6.45, 7) is 4.68. The van der Waals surface area contributed by atoms with E-state index >= 15 is 0 Å². The van der Waals surface area contributed by atoms with Gasteiger partial charge >= 0.3 is 0 Å². The highest BCUT2D eigenvalue weighted by Gasteiger charge is 2.17. The van der Waals surface area contributed by atoms with Crippen LogP contribution >= 0.6 is 0 Å². The number of hydrogen-bond donors (Lipinski definition) is 1. The number of ether oxygens (including phenoxy) is 1. The normalized spacial score (nSPS) is 13.3. The van der Waals surface area contributed by atoms with Crippen LogP contribution in [0.1, 0.15) is 37.8 Å². The molecule has 1 aliphatic carbocycles. The first-order valence-corrected chi connectivity index (χ1v) is 7.76. The topological polar surface area (TPSA) is 49.8 Å². The molecule has 4 nitrogen and oxygen atoms in total. The summed E-state index contributed by atoms with van der Waals surface area (Å²) in [5, 5.41) is 8.91. The zero-order valence-electron chi connectivity index (χ0n) is 13.0. The molecule has 0 saturated heterocycles. The summed E-state index contributed by atoms with van der Waals surface area (Å²) in [6, 6.07) is 6.23. The average molecular weight is 291 g/mol. The van der Waals surface area contributed by atoms with E-state index in [9.17, 15) is 4.79 Å². The molecular formula is C17H25NO3. The molecule has 0 atom stereocenters. The largest absolute Gasteiger partial charge is 0.484 e. The zero-order valence-corrected chi connectivity index (χ0v) is 13.0. The summed E-state index contributed by atoms with van der Waals surface area (Å²) >= 11 is 0. The van der Waals surface area contributed by atoms with Gasteiger partial charge in [-0.05, 0) is 62.8 Å². The Kier molecular flexibility index (Phi) is 5.62. The minimum atomic E-state index is -0.0288. The maximum Gasteiger partial charge on any atom is 0.260 e. The van der Waals surface area contributed by atoms with Gasteiger partial charge in [-0.2, -0.15) is 0 Å². The third kappa shape index (κ3) is 4.21. The molecule has 0 saturated carbocycles. The molecule has 21 heavy (non-hydrogen) atoms. The molecule has 1 aromatic carbocycles. The van der Waals surface area contributed by atoms with Crippen LogP contribution in [0, 0.1) is 0 Å². The third-order valence-electron chi connectivity index (χ3n) is 3.93. The van der Waals surface area contributed by atoms with Crippen molar-refractivity contribution in [1.29, 1.82) is 0 Å². The summed E-state index contributed by atoms with van der Waals surface area (Å²) in [5.41, 5.74) is 2.75. The fourth-order valence-corrected chi connectivity index (χ4v) is 2.78. The lowest BCUT2D eigenvalue weighted by Gasteiger charge is -2.26. The van der Waals surface area contributed by atoms with Crippen molar-refractivity contribution in [2.24, 2.45) is 0 Å². The molecule has 1 amide bonds. The molecule has 0 fully saturated rings. The number of aliphatic hydroxyl groups excluding tert-OH is 1. The number of rotatable bonds is 7. The van der Waals surface area contributed by atoms with Crippen molar-refractivity contribution in [3.05, 3.63) is 29.3 Å². The summed E-state index contributed by atoms with van der Waals surface area (Å²) in [4.78, 5) is 14.0. The smallest absolute Gasteiger partial charge is 0.260 e. The lowest BCUT2D eigenvalue weighted by Crippen LogP contribution is -2.40. The van der Waals surface area contributed by atoms with E-state index in [1.54, 1.807) is 4.90 Å². The van der Waals surface area contributed by atoms with Gasteiger partial charge in [0, 0.05) is 19.2 Å². The van der Waals surface area contributed by atoms with Gasteiger partial charge < -0.3 is 14.7 Å². The highest BCUT2D eigenvalue weighted by Crippen LogP contribution is 2.26. The number of hydrogen-bond acceptors (Lipinski definition) is 3. The molecular weight excluding hydrogens is 266 g/mol. The van der Waals surface area contributed by atoms with Crippen LogP contribution in [0.4, 0.5) is 0 Å². The number of fused-ring (bicyclic) bond motifs is 1. The average Bonchev–Trinajstić information content (AvgIpc) is 2.92. The first-order valence-electron chi connectivity index (χ1n) is 7.76. The van der Waals surface area contributed by atoms with Gasteiger partial charge in [0.1, 0.15) is 5.75 Å². The molecule has 0 spiro atoms. The van der Waals surface area contributed by atoms with Gasteiger partial charge in [-0.15, -0.1) is 0 Å². The summed E-state index contributed by atoms with van der Waals surface area (Å²) in [6.07, 6.45) is 4.06. The van der Waals surface area contributed by atoms with Crippen LogP contribution in [0.15, 0.2) is 18.2 Å². The lowest BCUT2D eigenvalue weighted by atomic mass is 10.1. The molecule has 1 aromatic rings. The predicted molar refractivity (Wildman–Crippen MR) is 82.5 cm³/mol. The molecule has 1 aliphatic rings. The van der Waals surface area contributed by atoms with Crippen molar-refractivity contribution >= 4 is 5.91 Å². The van der Waals surface area contributed by atoms with Crippen LogP contribution in [0.25, 0.3) is 0 Å². The fourth-order valence-electron chi connectivity index (χ4n) is 2.78. The Balaban J connectivity index is 1.90. The summed E-state index contributed by atoms with van der Waals surface area (Å²) in [5.74, 6) is 0.744. The Bertz CT molecular complexity index is 485. The van der Waals surface area contributed by atoms with Crippen molar-refractivity contribution in [2.45, 2.75) is 45.6 Å². The summed E-state index contributed by atoms with van der Waals surface area (Å²) < 4.78 is 5.65. The van der Waals surface area contributed by atoms with E-state index in [2.05, 4.69) is 12.1 Å². The maximum absolute atomic E-state index is 12.2. The van der Waals surface area contributed by atoms with Crippen LogP contribution in [0.2, 0.25) is 0 Å². The maximum atomic E-state index is 12.2. The Morgan fingerprint density at radius 1 is 1.33 bits per heavy atom. The minimum Gasteiger partial charge on any atom is -0.484 e. The number of aliphatic hydroxyl groups is 1. The van der Waals surface area contributed by atoms with Gasteiger partial charge in [0.25, 0.3) is 5.91 Å². The van der Waals surface area contributed by atoms with Crippen molar-refractivity contribution in [3.8, 4) is 5.75 Å². The van der Waals surface area contributed by atoms with Crippen LogP contribution in [0.3, 0.4) is 0 Å². The molecule has 0 aromatic heterocycles. The minimum absolute atomic E-state index is 0.0288.